The van der Waals surface area contributed by atoms with Gasteiger partial charge >= 0.3 is 0 Å². The third-order valence-electron chi connectivity index (χ3n) is 5.21. The van der Waals surface area contributed by atoms with Crippen molar-refractivity contribution in [2.24, 2.45) is 11.7 Å². The Morgan fingerprint density at radius 1 is 1.19 bits per heavy atom. The van der Waals surface area contributed by atoms with Crippen molar-refractivity contribution in [3.8, 4) is 0 Å². The molecule has 2 N–H and O–H groups in total. The van der Waals surface area contributed by atoms with Gasteiger partial charge in [0.2, 0.25) is 0 Å². The monoisotopic (exact) mass is 288 g/mol. The third kappa shape index (κ3) is 3.67. The molecule has 2 nitrogen and oxygen atoms in total. The fraction of sp³-hybridized carbons (Fsp3) is 0.684. The average Bonchev–Trinajstić information content (AvgIpc) is 2.44. The van der Waals surface area contributed by atoms with Crippen LogP contribution in [0.2, 0.25) is 0 Å². The number of piperidine rings is 1. The van der Waals surface area contributed by atoms with Crippen LogP contribution in [0.25, 0.3) is 0 Å². The zero-order chi connectivity index (χ0) is 15.6. The molecule has 1 fully saturated rings. The van der Waals surface area contributed by atoms with E-state index in [1.807, 2.05) is 0 Å². The Kier molecular flexibility index (Phi) is 5.11. The highest BCUT2D eigenvalue weighted by Gasteiger charge is 2.30. The second kappa shape index (κ2) is 6.50. The maximum Gasteiger partial charge on any atom is 0.0473 e. The summed E-state index contributed by atoms with van der Waals surface area (Å²) in [5, 5.41) is 0. The number of nitrogens with zero attached hydrogens (tertiary/aromatic N) is 1. The molecule has 3 atom stereocenters. The molecule has 0 amide bonds. The van der Waals surface area contributed by atoms with Crippen LogP contribution in [-0.4, -0.2) is 24.0 Å². The number of benzene rings is 1. The molecular formula is C19H32N2. The lowest BCUT2D eigenvalue weighted by molar-refractivity contribution is 0.0709. The lowest BCUT2D eigenvalue weighted by Gasteiger charge is -2.43. The van der Waals surface area contributed by atoms with E-state index in [9.17, 15) is 0 Å². The van der Waals surface area contributed by atoms with Gasteiger partial charge in [0.05, 0.1) is 0 Å². The fourth-order valence-electron chi connectivity index (χ4n) is 3.48. The quantitative estimate of drug-likeness (QED) is 0.907. The lowest BCUT2D eigenvalue weighted by Crippen LogP contribution is -2.46. The van der Waals surface area contributed by atoms with Crippen molar-refractivity contribution >= 4 is 0 Å². The first-order chi connectivity index (χ1) is 9.84. The second-order valence-electron chi connectivity index (χ2n) is 7.72. The summed E-state index contributed by atoms with van der Waals surface area (Å²) in [6.45, 7) is 13.4. The van der Waals surface area contributed by atoms with Crippen LogP contribution in [0.15, 0.2) is 24.3 Å². The largest absolute Gasteiger partial charge is 0.329 e. The maximum atomic E-state index is 6.13. The van der Waals surface area contributed by atoms with Gasteiger partial charge in [-0.15, -0.1) is 0 Å². The molecule has 1 aliphatic heterocycles. The highest BCUT2D eigenvalue weighted by molar-refractivity contribution is 5.29. The van der Waals surface area contributed by atoms with Gasteiger partial charge in [0.25, 0.3) is 0 Å². The molecule has 1 heterocycles. The molecule has 0 saturated carbocycles. The topological polar surface area (TPSA) is 29.3 Å². The van der Waals surface area contributed by atoms with Crippen molar-refractivity contribution < 1.29 is 0 Å². The summed E-state index contributed by atoms with van der Waals surface area (Å²) in [7, 11) is 0. The molecule has 2 heteroatoms. The summed E-state index contributed by atoms with van der Waals surface area (Å²) in [5.41, 5.74) is 9.10. The molecule has 0 aromatic heterocycles. The van der Waals surface area contributed by atoms with E-state index in [-0.39, 0.29) is 5.41 Å². The van der Waals surface area contributed by atoms with E-state index in [1.54, 1.807) is 0 Å². The zero-order valence-corrected chi connectivity index (χ0v) is 14.4. The molecule has 0 radical (unpaired) electrons. The molecule has 2 rings (SSSR count). The van der Waals surface area contributed by atoms with Crippen LogP contribution in [0.4, 0.5) is 0 Å². The molecule has 1 aliphatic rings. The van der Waals surface area contributed by atoms with Gasteiger partial charge in [-0.1, -0.05) is 52.0 Å². The Bertz CT molecular complexity index is 444. The SMILES string of the molecule is CC1CCCN(C(CN)c2ccc(C(C)(C)C)cc2)C1C. The zero-order valence-electron chi connectivity index (χ0n) is 14.4. The Morgan fingerprint density at radius 2 is 1.81 bits per heavy atom. The van der Waals surface area contributed by atoms with Gasteiger partial charge in [-0.2, -0.15) is 0 Å². The summed E-state index contributed by atoms with van der Waals surface area (Å²) < 4.78 is 0. The Hall–Kier alpha value is -0.860. The summed E-state index contributed by atoms with van der Waals surface area (Å²) in [5.74, 6) is 0.765. The van der Waals surface area contributed by atoms with Crippen LogP contribution < -0.4 is 5.73 Å². The van der Waals surface area contributed by atoms with E-state index in [2.05, 4.69) is 63.8 Å². The first kappa shape index (κ1) is 16.5. The van der Waals surface area contributed by atoms with Gasteiger partial charge in [0.15, 0.2) is 0 Å². The first-order valence-electron chi connectivity index (χ1n) is 8.41. The smallest absolute Gasteiger partial charge is 0.0473 e. The van der Waals surface area contributed by atoms with Crippen LogP contribution >= 0.6 is 0 Å². The maximum absolute atomic E-state index is 6.13. The predicted molar refractivity (Wildman–Crippen MR) is 91.5 cm³/mol. The standard InChI is InChI=1S/C19H32N2/c1-14-7-6-12-21(15(14)2)18(13-20)16-8-10-17(11-9-16)19(3,4)5/h8-11,14-15,18H,6-7,12-13,20H2,1-5H3. The third-order valence-corrected chi connectivity index (χ3v) is 5.21. The molecule has 1 aromatic rings. The van der Waals surface area contributed by atoms with E-state index in [0.29, 0.717) is 18.6 Å². The van der Waals surface area contributed by atoms with Gasteiger partial charge in [-0.3, -0.25) is 4.90 Å². The van der Waals surface area contributed by atoms with Crippen molar-refractivity contribution in [1.29, 1.82) is 0 Å². The van der Waals surface area contributed by atoms with Gasteiger partial charge in [0.1, 0.15) is 0 Å². The number of hydrogen-bond acceptors (Lipinski definition) is 2. The fourth-order valence-corrected chi connectivity index (χ4v) is 3.48. The van der Waals surface area contributed by atoms with Crippen LogP contribution in [0.1, 0.15) is 64.6 Å². The molecule has 1 aromatic carbocycles. The summed E-state index contributed by atoms with van der Waals surface area (Å²) >= 11 is 0. The number of nitrogens with two attached hydrogens (primary N) is 1. The lowest BCUT2D eigenvalue weighted by atomic mass is 9.85. The normalized spacial score (nSPS) is 25.8. The Balaban J connectivity index is 2.21. The molecule has 0 aliphatic carbocycles. The highest BCUT2D eigenvalue weighted by Crippen LogP contribution is 2.32. The number of rotatable bonds is 3. The number of likely N-dealkylation sites (tertiary alicyclic amines) is 1. The molecule has 3 unspecified atom stereocenters. The van der Waals surface area contributed by atoms with Crippen molar-refractivity contribution in [3.05, 3.63) is 35.4 Å². The van der Waals surface area contributed by atoms with E-state index in [0.717, 1.165) is 5.92 Å². The molecular weight excluding hydrogens is 256 g/mol. The van der Waals surface area contributed by atoms with Crippen LogP contribution in [-0.2, 0) is 5.41 Å². The van der Waals surface area contributed by atoms with Crippen molar-refractivity contribution in [3.63, 3.8) is 0 Å². The summed E-state index contributed by atoms with van der Waals surface area (Å²) in [6.07, 6.45) is 2.64. The summed E-state index contributed by atoms with van der Waals surface area (Å²) in [4.78, 5) is 2.61. The van der Waals surface area contributed by atoms with E-state index in [1.165, 1.54) is 30.5 Å². The van der Waals surface area contributed by atoms with E-state index < -0.39 is 0 Å². The Morgan fingerprint density at radius 3 is 2.33 bits per heavy atom. The molecule has 1 saturated heterocycles. The minimum Gasteiger partial charge on any atom is -0.329 e. The first-order valence-corrected chi connectivity index (χ1v) is 8.41. The van der Waals surface area contributed by atoms with Gasteiger partial charge < -0.3 is 5.73 Å². The summed E-state index contributed by atoms with van der Waals surface area (Å²) in [6, 6.07) is 10.1. The molecule has 0 bridgehead atoms. The van der Waals surface area contributed by atoms with Gasteiger partial charge in [-0.25, -0.2) is 0 Å². The molecule has 21 heavy (non-hydrogen) atoms. The minimum absolute atomic E-state index is 0.212. The van der Waals surface area contributed by atoms with Gasteiger partial charge in [-0.05, 0) is 48.8 Å². The van der Waals surface area contributed by atoms with Crippen LogP contribution in [0, 0.1) is 5.92 Å². The van der Waals surface area contributed by atoms with Gasteiger partial charge in [0, 0.05) is 18.6 Å². The highest BCUT2D eigenvalue weighted by atomic mass is 15.2. The second-order valence-corrected chi connectivity index (χ2v) is 7.72. The predicted octanol–water partition coefficient (Wildman–Crippen LogP) is 4.10. The molecule has 0 spiro atoms. The van der Waals surface area contributed by atoms with E-state index in [4.69, 9.17) is 5.73 Å². The number of hydrogen-bond donors (Lipinski definition) is 1. The average molecular weight is 288 g/mol. The van der Waals surface area contributed by atoms with E-state index >= 15 is 0 Å². The van der Waals surface area contributed by atoms with Crippen molar-refractivity contribution in [2.45, 2.75) is 65.0 Å². The minimum atomic E-state index is 0.212. The van der Waals surface area contributed by atoms with Crippen LogP contribution in [0.5, 0.6) is 0 Å². The van der Waals surface area contributed by atoms with Crippen molar-refractivity contribution in [1.82, 2.24) is 4.90 Å². The van der Waals surface area contributed by atoms with Crippen molar-refractivity contribution in [2.75, 3.05) is 13.1 Å². The van der Waals surface area contributed by atoms with Crippen LogP contribution in [0.3, 0.4) is 0 Å². The Labute approximate surface area is 130 Å². The molecule has 118 valence electrons.